The molecular weight excluding hydrogens is 214 g/mol. The van der Waals surface area contributed by atoms with Gasteiger partial charge in [-0.3, -0.25) is 0 Å². The van der Waals surface area contributed by atoms with Gasteiger partial charge < -0.3 is 14.6 Å². The Balaban J connectivity index is 1.82. The molecule has 96 valence electrons. The fourth-order valence-corrected chi connectivity index (χ4v) is 2.23. The lowest BCUT2D eigenvalue weighted by atomic mass is 10.2. The minimum Gasteiger partial charge on any atom is -0.379 e. The van der Waals surface area contributed by atoms with Crippen LogP contribution in [0.3, 0.4) is 0 Å². The number of hydrogen-bond donors (Lipinski definition) is 1. The average molecular weight is 237 g/mol. The van der Waals surface area contributed by atoms with Gasteiger partial charge in [0.2, 0.25) is 0 Å². The number of nitrogens with one attached hydrogen (secondary N) is 1. The second-order valence-electron chi connectivity index (χ2n) is 5.13. The predicted molar refractivity (Wildman–Crippen MR) is 67.9 cm³/mol. The second-order valence-corrected chi connectivity index (χ2v) is 5.13. The van der Waals surface area contributed by atoms with E-state index in [0.29, 0.717) is 12.0 Å². The fraction of sp³-hybridized carbons (Fsp3) is 0.769. The molecule has 0 aliphatic carbocycles. The fourth-order valence-electron chi connectivity index (χ4n) is 2.23. The molecule has 1 saturated heterocycles. The van der Waals surface area contributed by atoms with Crippen molar-refractivity contribution in [1.29, 1.82) is 0 Å². The molecule has 0 spiro atoms. The van der Waals surface area contributed by atoms with Gasteiger partial charge in [0.1, 0.15) is 0 Å². The van der Waals surface area contributed by atoms with Crippen molar-refractivity contribution in [3.63, 3.8) is 0 Å². The van der Waals surface area contributed by atoms with Crippen LogP contribution in [0.25, 0.3) is 0 Å². The van der Waals surface area contributed by atoms with E-state index in [0.717, 1.165) is 26.3 Å². The van der Waals surface area contributed by atoms with E-state index in [1.54, 1.807) is 0 Å². The summed E-state index contributed by atoms with van der Waals surface area (Å²) in [7, 11) is 0. The van der Waals surface area contributed by atoms with Crippen LogP contribution in [0.1, 0.15) is 38.4 Å². The number of hydrogen-bond acceptors (Lipinski definition) is 3. The molecule has 0 aromatic carbocycles. The standard InChI is InChI=1S/C13H23N3O/c1-11(2)9-17-7-6-16-10-14-8-13(16)12-4-3-5-15-12/h8,10-12,15H,3-7,9H2,1-2H3/t12-/m0/s1. The lowest BCUT2D eigenvalue weighted by Crippen LogP contribution is -2.18. The van der Waals surface area contributed by atoms with Crippen molar-refractivity contribution in [2.24, 2.45) is 5.92 Å². The van der Waals surface area contributed by atoms with E-state index in [2.05, 4.69) is 28.7 Å². The summed E-state index contributed by atoms with van der Waals surface area (Å²) < 4.78 is 7.83. The summed E-state index contributed by atoms with van der Waals surface area (Å²) in [5.41, 5.74) is 1.30. The average Bonchev–Trinajstić information content (AvgIpc) is 2.94. The first kappa shape index (κ1) is 12.6. The number of imidazole rings is 1. The van der Waals surface area contributed by atoms with Gasteiger partial charge in [-0.15, -0.1) is 0 Å². The van der Waals surface area contributed by atoms with Crippen molar-refractivity contribution >= 4 is 0 Å². The molecule has 1 fully saturated rings. The smallest absolute Gasteiger partial charge is 0.0949 e. The van der Waals surface area contributed by atoms with E-state index >= 15 is 0 Å². The van der Waals surface area contributed by atoms with E-state index in [1.165, 1.54) is 18.5 Å². The topological polar surface area (TPSA) is 39.1 Å². The molecule has 0 bridgehead atoms. The van der Waals surface area contributed by atoms with Gasteiger partial charge in [-0.1, -0.05) is 13.8 Å². The van der Waals surface area contributed by atoms with Gasteiger partial charge in [-0.05, 0) is 25.3 Å². The zero-order valence-corrected chi connectivity index (χ0v) is 10.9. The van der Waals surface area contributed by atoms with Crippen LogP contribution >= 0.6 is 0 Å². The molecule has 0 unspecified atom stereocenters. The van der Waals surface area contributed by atoms with Crippen molar-refractivity contribution in [1.82, 2.24) is 14.9 Å². The summed E-state index contributed by atoms with van der Waals surface area (Å²) in [6, 6.07) is 0.489. The minimum absolute atomic E-state index is 0.489. The highest BCUT2D eigenvalue weighted by molar-refractivity contribution is 5.07. The molecule has 4 nitrogen and oxygen atoms in total. The summed E-state index contributed by atoms with van der Waals surface area (Å²) in [6.07, 6.45) is 6.37. The van der Waals surface area contributed by atoms with E-state index in [1.807, 2.05) is 12.5 Å². The predicted octanol–water partition coefficient (Wildman–Crippen LogP) is 1.98. The molecular formula is C13H23N3O. The van der Waals surface area contributed by atoms with Crippen LogP contribution in [0.4, 0.5) is 0 Å². The Morgan fingerprint density at radius 2 is 2.47 bits per heavy atom. The highest BCUT2D eigenvalue weighted by Gasteiger charge is 2.19. The Labute approximate surface area is 103 Å². The van der Waals surface area contributed by atoms with Gasteiger partial charge in [0.25, 0.3) is 0 Å². The van der Waals surface area contributed by atoms with Crippen molar-refractivity contribution < 1.29 is 4.74 Å². The maximum Gasteiger partial charge on any atom is 0.0949 e. The zero-order chi connectivity index (χ0) is 12.1. The number of nitrogens with zero attached hydrogens (tertiary/aromatic N) is 2. The lowest BCUT2D eigenvalue weighted by Gasteiger charge is -2.14. The first-order valence-electron chi connectivity index (χ1n) is 6.58. The number of ether oxygens (including phenoxy) is 1. The van der Waals surface area contributed by atoms with E-state index in [4.69, 9.17) is 4.74 Å². The van der Waals surface area contributed by atoms with Crippen molar-refractivity contribution in [3.05, 3.63) is 18.2 Å². The summed E-state index contributed by atoms with van der Waals surface area (Å²) in [5.74, 6) is 0.605. The lowest BCUT2D eigenvalue weighted by molar-refractivity contribution is 0.102. The molecule has 17 heavy (non-hydrogen) atoms. The minimum atomic E-state index is 0.489. The van der Waals surface area contributed by atoms with Crippen LogP contribution in [0.2, 0.25) is 0 Å². The molecule has 1 aromatic rings. The summed E-state index contributed by atoms with van der Waals surface area (Å²) in [6.45, 7) is 7.98. The monoisotopic (exact) mass is 237 g/mol. The third-order valence-electron chi connectivity index (χ3n) is 3.09. The Hall–Kier alpha value is -0.870. The van der Waals surface area contributed by atoms with E-state index in [-0.39, 0.29) is 0 Å². The molecule has 1 N–H and O–H groups in total. The summed E-state index contributed by atoms with van der Waals surface area (Å²) >= 11 is 0. The van der Waals surface area contributed by atoms with Gasteiger partial charge in [0, 0.05) is 25.4 Å². The van der Waals surface area contributed by atoms with Crippen molar-refractivity contribution in [3.8, 4) is 0 Å². The van der Waals surface area contributed by atoms with E-state index < -0.39 is 0 Å². The molecule has 1 atom stereocenters. The third-order valence-corrected chi connectivity index (χ3v) is 3.09. The van der Waals surface area contributed by atoms with Crippen molar-refractivity contribution in [2.75, 3.05) is 19.8 Å². The highest BCUT2D eigenvalue weighted by Crippen LogP contribution is 2.22. The van der Waals surface area contributed by atoms with Crippen LogP contribution in [-0.2, 0) is 11.3 Å². The SMILES string of the molecule is CC(C)COCCn1cncc1[C@@H]1CCCN1. The van der Waals surface area contributed by atoms with Gasteiger partial charge in [-0.2, -0.15) is 0 Å². The Kier molecular flexibility index (Phi) is 4.57. The van der Waals surface area contributed by atoms with Gasteiger partial charge >= 0.3 is 0 Å². The first-order chi connectivity index (χ1) is 8.27. The molecule has 2 rings (SSSR count). The Bertz CT molecular complexity index is 329. The largest absolute Gasteiger partial charge is 0.379 e. The zero-order valence-electron chi connectivity index (χ0n) is 10.9. The van der Waals surface area contributed by atoms with Crippen LogP contribution in [0.5, 0.6) is 0 Å². The molecule has 0 radical (unpaired) electrons. The first-order valence-corrected chi connectivity index (χ1v) is 6.58. The van der Waals surface area contributed by atoms with Gasteiger partial charge in [-0.25, -0.2) is 4.98 Å². The maximum absolute atomic E-state index is 5.62. The Morgan fingerprint density at radius 3 is 3.18 bits per heavy atom. The molecule has 2 heterocycles. The summed E-state index contributed by atoms with van der Waals surface area (Å²) in [4.78, 5) is 4.25. The molecule has 4 heteroatoms. The van der Waals surface area contributed by atoms with Crippen LogP contribution in [0, 0.1) is 5.92 Å². The van der Waals surface area contributed by atoms with Crippen LogP contribution in [0.15, 0.2) is 12.5 Å². The number of aromatic nitrogens is 2. The van der Waals surface area contributed by atoms with E-state index in [9.17, 15) is 0 Å². The quantitative estimate of drug-likeness (QED) is 0.769. The third kappa shape index (κ3) is 3.54. The normalized spacial score (nSPS) is 20.3. The van der Waals surface area contributed by atoms with Crippen LogP contribution in [-0.4, -0.2) is 29.3 Å². The summed E-state index contributed by atoms with van der Waals surface area (Å²) in [5, 5.41) is 3.51. The highest BCUT2D eigenvalue weighted by atomic mass is 16.5. The molecule has 1 aliphatic heterocycles. The number of rotatable bonds is 6. The Morgan fingerprint density at radius 1 is 1.59 bits per heavy atom. The van der Waals surface area contributed by atoms with Gasteiger partial charge in [0.15, 0.2) is 0 Å². The molecule has 0 amide bonds. The maximum atomic E-state index is 5.62. The molecule has 1 aromatic heterocycles. The van der Waals surface area contributed by atoms with Crippen LogP contribution < -0.4 is 5.32 Å². The van der Waals surface area contributed by atoms with Gasteiger partial charge in [0.05, 0.1) is 18.6 Å². The molecule has 0 saturated carbocycles. The second kappa shape index (κ2) is 6.17. The molecule has 1 aliphatic rings. The van der Waals surface area contributed by atoms with Crippen molar-refractivity contribution in [2.45, 2.75) is 39.3 Å².